The molecule has 2 aromatic heterocycles. The van der Waals surface area contributed by atoms with Crippen LogP contribution in [0.3, 0.4) is 0 Å². The number of hydrogen-bond donors (Lipinski definition) is 1. The summed E-state index contributed by atoms with van der Waals surface area (Å²) < 4.78 is 33.7. The lowest BCUT2D eigenvalue weighted by molar-refractivity contribution is -0.120. The van der Waals surface area contributed by atoms with Crippen molar-refractivity contribution in [3.05, 3.63) is 47.2 Å². The van der Waals surface area contributed by atoms with E-state index in [-0.39, 0.29) is 16.7 Å². The monoisotopic (exact) mass is 486 g/mol. The van der Waals surface area contributed by atoms with Gasteiger partial charge in [0.2, 0.25) is 17.6 Å². The van der Waals surface area contributed by atoms with E-state index < -0.39 is 15.9 Å². The molecule has 0 unspecified atom stereocenters. The fourth-order valence-corrected chi connectivity index (χ4v) is 7.03. The van der Waals surface area contributed by atoms with Gasteiger partial charge in [-0.05, 0) is 50.3 Å². The molecule has 2 aliphatic rings. The van der Waals surface area contributed by atoms with Crippen LogP contribution in [0, 0.1) is 12.8 Å². The molecule has 0 bridgehead atoms. The quantitative estimate of drug-likeness (QED) is 0.553. The second-order valence-corrected chi connectivity index (χ2v) is 11.8. The number of thiophene rings is 1. The molecule has 1 aromatic carbocycles. The highest BCUT2D eigenvalue weighted by atomic mass is 32.2. The smallest absolute Gasteiger partial charge is 0.252 e. The zero-order valence-corrected chi connectivity index (χ0v) is 20.0. The average Bonchev–Trinajstić information content (AvgIpc) is 3.44. The molecule has 10 heteroatoms. The summed E-state index contributed by atoms with van der Waals surface area (Å²) in [6.07, 6.45) is 4.57. The summed E-state index contributed by atoms with van der Waals surface area (Å²) in [6.45, 7) is 2.50. The van der Waals surface area contributed by atoms with Crippen LogP contribution in [0.2, 0.25) is 0 Å². The van der Waals surface area contributed by atoms with E-state index in [0.717, 1.165) is 35.4 Å². The van der Waals surface area contributed by atoms with Crippen molar-refractivity contribution in [1.29, 1.82) is 0 Å². The van der Waals surface area contributed by atoms with Crippen LogP contribution in [0.15, 0.2) is 44.4 Å². The van der Waals surface area contributed by atoms with Crippen molar-refractivity contribution in [2.24, 2.45) is 5.92 Å². The maximum atomic E-state index is 13.3. The van der Waals surface area contributed by atoms with E-state index in [2.05, 4.69) is 15.5 Å². The second kappa shape index (κ2) is 9.00. The summed E-state index contributed by atoms with van der Waals surface area (Å²) in [5.41, 5.74) is 2.37. The molecule has 3 aromatic rings. The van der Waals surface area contributed by atoms with Gasteiger partial charge in [-0.3, -0.25) is 4.79 Å². The molecular formula is C23H26N4O4S2. The van der Waals surface area contributed by atoms with E-state index in [1.807, 2.05) is 31.2 Å². The van der Waals surface area contributed by atoms with Crippen molar-refractivity contribution in [1.82, 2.24) is 14.4 Å². The lowest BCUT2D eigenvalue weighted by Gasteiger charge is -2.30. The van der Waals surface area contributed by atoms with Gasteiger partial charge in [-0.15, -0.1) is 11.3 Å². The van der Waals surface area contributed by atoms with Crippen LogP contribution >= 0.6 is 11.3 Å². The molecule has 174 valence electrons. The Hall–Kier alpha value is -2.56. The van der Waals surface area contributed by atoms with Crippen molar-refractivity contribution in [3.63, 3.8) is 0 Å². The third-order valence-electron chi connectivity index (χ3n) is 6.48. The number of hydrogen-bond acceptors (Lipinski definition) is 7. The lowest BCUT2D eigenvalue weighted by atomic mass is 9.85. The van der Waals surface area contributed by atoms with E-state index in [1.54, 1.807) is 11.4 Å². The van der Waals surface area contributed by atoms with Gasteiger partial charge in [0.05, 0.1) is 5.92 Å². The van der Waals surface area contributed by atoms with Gasteiger partial charge in [-0.25, -0.2) is 8.42 Å². The van der Waals surface area contributed by atoms with Crippen LogP contribution in [0.5, 0.6) is 0 Å². The number of rotatable bonds is 6. The van der Waals surface area contributed by atoms with E-state index in [4.69, 9.17) is 4.52 Å². The Morgan fingerprint density at radius 1 is 1.21 bits per heavy atom. The standard InChI is InChI=1S/C23H26N4O4S2/c1-15-6-2-3-10-19(15)24-22(28)17-9-5-11-27(13-17)33(29,30)20-12-18(14-32-20)21-25-23(31-26-21)16-7-4-8-16/h2-3,6,10,12,14,16-17H,4-5,7-9,11,13H2,1H3,(H,24,28)/t17-/m1/s1. The molecule has 2 fully saturated rings. The number of nitrogens with one attached hydrogen (secondary N) is 1. The van der Waals surface area contributed by atoms with Crippen LogP contribution in [0.4, 0.5) is 5.69 Å². The van der Waals surface area contributed by atoms with E-state index in [9.17, 15) is 13.2 Å². The molecule has 0 spiro atoms. The number of carbonyl (C=O) groups excluding carboxylic acids is 1. The minimum atomic E-state index is -3.71. The highest BCUT2D eigenvalue weighted by Gasteiger charge is 2.34. The number of aryl methyl sites for hydroxylation is 1. The molecule has 1 saturated heterocycles. The summed E-state index contributed by atoms with van der Waals surface area (Å²) in [4.78, 5) is 17.3. The maximum absolute atomic E-state index is 13.3. The molecule has 1 atom stereocenters. The van der Waals surface area contributed by atoms with Crippen molar-refractivity contribution >= 4 is 33.0 Å². The minimum absolute atomic E-state index is 0.147. The lowest BCUT2D eigenvalue weighted by Crippen LogP contribution is -2.43. The summed E-state index contributed by atoms with van der Waals surface area (Å²) in [5.74, 6) is 0.833. The predicted octanol–water partition coefficient (Wildman–Crippen LogP) is 4.41. The third kappa shape index (κ3) is 4.47. The van der Waals surface area contributed by atoms with Gasteiger partial charge in [0, 0.05) is 35.6 Å². The van der Waals surface area contributed by atoms with Gasteiger partial charge in [0.15, 0.2) is 0 Å². The number of carbonyl (C=O) groups is 1. The van der Waals surface area contributed by atoms with Gasteiger partial charge < -0.3 is 9.84 Å². The highest BCUT2D eigenvalue weighted by Crippen LogP contribution is 2.37. The normalized spacial score (nSPS) is 19.8. The number of nitrogens with zero attached hydrogens (tertiary/aromatic N) is 3. The van der Waals surface area contributed by atoms with Gasteiger partial charge in [0.1, 0.15) is 4.21 Å². The van der Waals surface area contributed by atoms with Crippen molar-refractivity contribution < 1.29 is 17.7 Å². The first-order valence-electron chi connectivity index (χ1n) is 11.2. The second-order valence-electron chi connectivity index (χ2n) is 8.74. The van der Waals surface area contributed by atoms with E-state index in [0.29, 0.717) is 42.6 Å². The summed E-state index contributed by atoms with van der Waals surface area (Å²) in [6, 6.07) is 9.17. The largest absolute Gasteiger partial charge is 0.339 e. The van der Waals surface area contributed by atoms with E-state index in [1.165, 1.54) is 10.7 Å². The first kappa shape index (κ1) is 22.2. The fraction of sp³-hybridized carbons (Fsp3) is 0.435. The Morgan fingerprint density at radius 2 is 2.03 bits per heavy atom. The Morgan fingerprint density at radius 3 is 2.79 bits per heavy atom. The molecular weight excluding hydrogens is 460 g/mol. The number of sulfonamides is 1. The van der Waals surface area contributed by atoms with Gasteiger partial charge in [-0.2, -0.15) is 9.29 Å². The molecule has 1 amide bonds. The molecule has 1 N–H and O–H groups in total. The zero-order valence-electron chi connectivity index (χ0n) is 18.4. The van der Waals surface area contributed by atoms with Crippen LogP contribution in [-0.4, -0.2) is 41.9 Å². The summed E-state index contributed by atoms with van der Waals surface area (Å²) in [7, 11) is -3.71. The molecule has 3 heterocycles. The number of piperidine rings is 1. The van der Waals surface area contributed by atoms with Crippen molar-refractivity contribution in [2.75, 3.05) is 18.4 Å². The Balaban J connectivity index is 1.29. The first-order chi connectivity index (χ1) is 15.9. The summed E-state index contributed by atoms with van der Waals surface area (Å²) in [5, 5.41) is 8.74. The average molecular weight is 487 g/mol. The first-order valence-corrected chi connectivity index (χ1v) is 13.5. The Bertz CT molecular complexity index is 1260. The zero-order chi connectivity index (χ0) is 23.0. The molecule has 1 aliphatic carbocycles. The molecule has 1 aliphatic heterocycles. The Kier molecular flexibility index (Phi) is 6.07. The number of aromatic nitrogens is 2. The number of para-hydroxylation sites is 1. The van der Waals surface area contributed by atoms with Gasteiger partial charge >= 0.3 is 0 Å². The van der Waals surface area contributed by atoms with Crippen LogP contribution in [-0.2, 0) is 14.8 Å². The van der Waals surface area contributed by atoms with Crippen molar-refractivity contribution in [3.8, 4) is 11.4 Å². The SMILES string of the molecule is Cc1ccccc1NC(=O)[C@@H]1CCCN(S(=O)(=O)c2cc(-c3noc(C4CCC4)n3)cs2)C1. The maximum Gasteiger partial charge on any atom is 0.252 e. The Labute approximate surface area is 197 Å². The predicted molar refractivity (Wildman–Crippen MR) is 125 cm³/mol. The van der Waals surface area contributed by atoms with Gasteiger partial charge in [-0.1, -0.05) is 29.8 Å². The third-order valence-corrected chi connectivity index (χ3v) is 9.76. The molecule has 1 saturated carbocycles. The van der Waals surface area contributed by atoms with Crippen molar-refractivity contribution in [2.45, 2.75) is 49.2 Å². The highest BCUT2D eigenvalue weighted by molar-refractivity contribution is 7.91. The number of benzene rings is 1. The van der Waals surface area contributed by atoms with Gasteiger partial charge in [0.25, 0.3) is 10.0 Å². The van der Waals surface area contributed by atoms with Crippen LogP contribution < -0.4 is 5.32 Å². The molecule has 0 radical (unpaired) electrons. The minimum Gasteiger partial charge on any atom is -0.339 e. The van der Waals surface area contributed by atoms with Crippen LogP contribution in [0.25, 0.3) is 11.4 Å². The number of anilines is 1. The topological polar surface area (TPSA) is 105 Å². The number of amides is 1. The van der Waals surface area contributed by atoms with Crippen LogP contribution in [0.1, 0.15) is 49.5 Å². The molecule has 33 heavy (non-hydrogen) atoms. The van der Waals surface area contributed by atoms with E-state index >= 15 is 0 Å². The molecule has 8 nitrogen and oxygen atoms in total. The summed E-state index contributed by atoms with van der Waals surface area (Å²) >= 11 is 1.14. The fourth-order valence-electron chi connectivity index (χ4n) is 4.19. The molecule has 5 rings (SSSR count).